The molecular weight excluding hydrogens is 282 g/mol. The van der Waals surface area contributed by atoms with E-state index in [1.807, 2.05) is 30.3 Å². The monoisotopic (exact) mass is 291 g/mol. The van der Waals surface area contributed by atoms with Gasteiger partial charge in [0, 0.05) is 11.1 Å². The van der Waals surface area contributed by atoms with Crippen LogP contribution in [-0.2, 0) is 4.74 Å². The maximum absolute atomic E-state index is 11.6. The molecule has 0 aliphatic carbocycles. The number of aromatic nitrogens is 3. The first kappa shape index (κ1) is 12.5. The lowest BCUT2D eigenvalue weighted by Gasteiger charge is -1.97. The number of nitrogens with zero attached hydrogens (tertiary/aromatic N) is 2. The molecule has 1 N–H and O–H groups in total. The lowest BCUT2D eigenvalue weighted by atomic mass is 10.1. The van der Waals surface area contributed by atoms with Gasteiger partial charge in [0.15, 0.2) is 11.6 Å². The van der Waals surface area contributed by atoms with Crippen LogP contribution in [0, 0.1) is 0 Å². The van der Waals surface area contributed by atoms with E-state index in [4.69, 9.17) is 0 Å². The van der Waals surface area contributed by atoms with Crippen molar-refractivity contribution < 1.29 is 14.3 Å². The molecule has 0 unspecified atom stereocenters. The van der Waals surface area contributed by atoms with Crippen molar-refractivity contribution in [3.05, 3.63) is 59.7 Å². The average molecular weight is 291 g/mol. The van der Waals surface area contributed by atoms with Crippen LogP contribution >= 0.6 is 0 Å². The first-order chi connectivity index (χ1) is 10.7. The summed E-state index contributed by atoms with van der Waals surface area (Å²) in [4.78, 5) is 27.4. The molecule has 0 atom stereocenters. The third-order valence-electron chi connectivity index (χ3n) is 3.44. The summed E-state index contributed by atoms with van der Waals surface area (Å²) in [5, 5.41) is 7.02. The number of rotatable bonds is 2. The fourth-order valence-corrected chi connectivity index (χ4v) is 2.34. The van der Waals surface area contributed by atoms with E-state index in [0.717, 1.165) is 5.56 Å². The highest BCUT2D eigenvalue weighted by Crippen LogP contribution is 2.26. The van der Waals surface area contributed by atoms with E-state index in [0.29, 0.717) is 17.2 Å². The lowest BCUT2D eigenvalue weighted by molar-refractivity contribution is 0.0444. The molecule has 1 aliphatic rings. The third-order valence-corrected chi connectivity index (χ3v) is 3.44. The first-order valence-corrected chi connectivity index (χ1v) is 6.61. The molecule has 22 heavy (non-hydrogen) atoms. The molecule has 1 aromatic heterocycles. The second-order valence-corrected chi connectivity index (χ2v) is 4.81. The summed E-state index contributed by atoms with van der Waals surface area (Å²) < 4.78 is 4.57. The van der Waals surface area contributed by atoms with Gasteiger partial charge in [0.05, 0.1) is 11.1 Å². The minimum atomic E-state index is -0.638. The van der Waals surface area contributed by atoms with Gasteiger partial charge >= 0.3 is 11.9 Å². The van der Waals surface area contributed by atoms with Crippen molar-refractivity contribution in [2.24, 2.45) is 0 Å². The predicted molar refractivity (Wildman–Crippen MR) is 77.0 cm³/mol. The number of esters is 2. The molecule has 3 aromatic rings. The smallest absolute Gasteiger partial charge is 0.346 e. The number of nitrogens with one attached hydrogen (secondary N) is 1. The van der Waals surface area contributed by atoms with Crippen molar-refractivity contribution in [3.63, 3.8) is 0 Å². The predicted octanol–water partition coefficient (Wildman–Crippen LogP) is 2.45. The highest BCUT2D eigenvalue weighted by molar-refractivity contribution is 6.15. The summed E-state index contributed by atoms with van der Waals surface area (Å²) in [6.07, 6.45) is 0. The number of fused-ring (bicyclic) bond motifs is 1. The number of cyclic esters (lactones) is 2. The molecule has 0 bridgehead atoms. The molecule has 0 fully saturated rings. The molecule has 4 rings (SSSR count). The Bertz CT molecular complexity index is 900. The summed E-state index contributed by atoms with van der Waals surface area (Å²) in [7, 11) is 0. The topological polar surface area (TPSA) is 84.9 Å². The molecule has 0 spiro atoms. The van der Waals surface area contributed by atoms with E-state index in [2.05, 4.69) is 19.9 Å². The van der Waals surface area contributed by atoms with Crippen LogP contribution < -0.4 is 0 Å². The SMILES string of the molecule is O=C1OC(=O)c2cc(-c3n[nH]c(-c4ccccc4)n3)ccc21. The van der Waals surface area contributed by atoms with Crippen LogP contribution in [0.5, 0.6) is 0 Å². The number of aromatic amines is 1. The zero-order valence-corrected chi connectivity index (χ0v) is 11.2. The number of hydrogen-bond acceptors (Lipinski definition) is 5. The summed E-state index contributed by atoms with van der Waals surface area (Å²) in [6.45, 7) is 0. The Kier molecular flexibility index (Phi) is 2.62. The van der Waals surface area contributed by atoms with Gasteiger partial charge in [0.25, 0.3) is 0 Å². The number of benzene rings is 2. The Morgan fingerprint density at radius 2 is 1.64 bits per heavy atom. The zero-order valence-electron chi connectivity index (χ0n) is 11.2. The van der Waals surface area contributed by atoms with Crippen LogP contribution in [0.1, 0.15) is 20.7 Å². The fraction of sp³-hybridized carbons (Fsp3) is 0. The molecule has 2 heterocycles. The van der Waals surface area contributed by atoms with Crippen LogP contribution in [0.2, 0.25) is 0 Å². The van der Waals surface area contributed by atoms with Gasteiger partial charge in [-0.3, -0.25) is 5.10 Å². The third kappa shape index (κ3) is 1.89. The largest absolute Gasteiger partial charge is 0.386 e. The van der Waals surface area contributed by atoms with E-state index in [9.17, 15) is 9.59 Å². The maximum atomic E-state index is 11.6. The van der Waals surface area contributed by atoms with E-state index in [1.54, 1.807) is 18.2 Å². The van der Waals surface area contributed by atoms with Crippen LogP contribution in [0.25, 0.3) is 22.8 Å². The van der Waals surface area contributed by atoms with Gasteiger partial charge in [-0.05, 0) is 12.1 Å². The average Bonchev–Trinajstić information content (AvgIpc) is 3.14. The van der Waals surface area contributed by atoms with Crippen molar-refractivity contribution in [1.29, 1.82) is 0 Å². The van der Waals surface area contributed by atoms with Gasteiger partial charge in [-0.25, -0.2) is 14.6 Å². The van der Waals surface area contributed by atoms with Crippen LogP contribution in [-0.4, -0.2) is 27.1 Å². The molecule has 0 saturated heterocycles. The van der Waals surface area contributed by atoms with Gasteiger partial charge in [-0.1, -0.05) is 36.4 Å². The van der Waals surface area contributed by atoms with E-state index < -0.39 is 11.9 Å². The second kappa shape index (κ2) is 4.63. The Morgan fingerprint density at radius 3 is 2.45 bits per heavy atom. The van der Waals surface area contributed by atoms with Gasteiger partial charge in [-0.2, -0.15) is 5.10 Å². The van der Waals surface area contributed by atoms with E-state index in [1.165, 1.54) is 0 Å². The van der Waals surface area contributed by atoms with E-state index >= 15 is 0 Å². The van der Waals surface area contributed by atoms with Crippen LogP contribution in [0.15, 0.2) is 48.5 Å². The van der Waals surface area contributed by atoms with Crippen molar-refractivity contribution in [2.45, 2.75) is 0 Å². The molecule has 106 valence electrons. The van der Waals surface area contributed by atoms with Gasteiger partial charge in [0.2, 0.25) is 0 Å². The van der Waals surface area contributed by atoms with Gasteiger partial charge in [-0.15, -0.1) is 0 Å². The molecule has 0 amide bonds. The minimum absolute atomic E-state index is 0.244. The Balaban J connectivity index is 1.75. The van der Waals surface area contributed by atoms with Gasteiger partial charge in [0.1, 0.15) is 0 Å². The molecule has 1 aliphatic heterocycles. The number of carbonyl (C=O) groups excluding carboxylic acids is 2. The molecule has 6 nitrogen and oxygen atoms in total. The maximum Gasteiger partial charge on any atom is 0.346 e. The molecule has 0 radical (unpaired) electrons. The fourth-order valence-electron chi connectivity index (χ4n) is 2.34. The van der Waals surface area contributed by atoms with Crippen molar-refractivity contribution in [3.8, 4) is 22.8 Å². The molecule has 0 saturated carbocycles. The summed E-state index contributed by atoms with van der Waals surface area (Å²) >= 11 is 0. The Morgan fingerprint density at radius 1 is 0.864 bits per heavy atom. The minimum Gasteiger partial charge on any atom is -0.386 e. The normalized spacial score (nSPS) is 13.1. The summed E-state index contributed by atoms with van der Waals surface area (Å²) in [5.41, 5.74) is 2.07. The Hall–Kier alpha value is -3.28. The number of ether oxygens (including phenoxy) is 1. The summed E-state index contributed by atoms with van der Waals surface area (Å²) in [5.74, 6) is -0.171. The molecule has 6 heteroatoms. The van der Waals surface area contributed by atoms with Crippen molar-refractivity contribution in [1.82, 2.24) is 15.2 Å². The molecular formula is C16H9N3O3. The van der Waals surface area contributed by atoms with E-state index in [-0.39, 0.29) is 11.1 Å². The standard InChI is InChI=1S/C16H9N3O3/c20-15-11-7-6-10(8-12(11)16(21)22-15)14-17-13(18-19-14)9-4-2-1-3-5-9/h1-8H,(H,17,18,19). The van der Waals surface area contributed by atoms with Crippen molar-refractivity contribution >= 4 is 11.9 Å². The second-order valence-electron chi connectivity index (χ2n) is 4.81. The number of carbonyl (C=O) groups is 2. The zero-order chi connectivity index (χ0) is 15.1. The highest BCUT2D eigenvalue weighted by atomic mass is 16.6. The lowest BCUT2D eigenvalue weighted by Crippen LogP contribution is -1.96. The molecule has 2 aromatic carbocycles. The highest BCUT2D eigenvalue weighted by Gasteiger charge is 2.30. The number of H-pyrrole nitrogens is 1. The summed E-state index contributed by atoms with van der Waals surface area (Å²) in [6, 6.07) is 14.4. The first-order valence-electron chi connectivity index (χ1n) is 6.61. The van der Waals surface area contributed by atoms with Crippen LogP contribution in [0.4, 0.5) is 0 Å². The quantitative estimate of drug-likeness (QED) is 0.579. The van der Waals surface area contributed by atoms with Gasteiger partial charge < -0.3 is 4.74 Å². The van der Waals surface area contributed by atoms with Crippen LogP contribution in [0.3, 0.4) is 0 Å². The van der Waals surface area contributed by atoms with Crippen molar-refractivity contribution in [2.75, 3.05) is 0 Å². The number of hydrogen-bond donors (Lipinski definition) is 1. The Labute approximate surface area is 124 Å².